The molecule has 0 aromatic rings. The summed E-state index contributed by atoms with van der Waals surface area (Å²) in [6, 6.07) is 0. The van der Waals surface area contributed by atoms with Crippen LogP contribution in [0.4, 0.5) is 0 Å². The summed E-state index contributed by atoms with van der Waals surface area (Å²) in [7, 11) is 1.34. The number of methoxy groups -OCH3 is 1. The lowest BCUT2D eigenvalue weighted by Crippen LogP contribution is -1.98. The molecule has 0 aliphatic heterocycles. The predicted octanol–water partition coefficient (Wildman–Crippen LogP) is 1.51. The van der Waals surface area contributed by atoms with E-state index in [-0.39, 0.29) is 5.97 Å². The number of allylic oxidation sites excluding steroid dienone is 1. The Bertz CT molecular complexity index is 200. The number of unbranched alkanes of at least 4 members (excludes halogenated alkanes) is 2. The van der Waals surface area contributed by atoms with E-state index in [0.29, 0.717) is 19.3 Å². The Morgan fingerprint density at radius 1 is 1.54 bits per heavy atom. The molecule has 0 N–H and O–H groups in total. The third kappa shape index (κ3) is 8.52. The first-order valence-electron chi connectivity index (χ1n) is 4.03. The van der Waals surface area contributed by atoms with Crippen LogP contribution in [0, 0.1) is 10.1 Å². The van der Waals surface area contributed by atoms with Gasteiger partial charge in [-0.2, -0.15) is 0 Å². The summed E-state index contributed by atoms with van der Waals surface area (Å²) in [4.78, 5) is 19.9. The van der Waals surface area contributed by atoms with Crippen LogP contribution in [0.1, 0.15) is 25.7 Å². The number of nitrogens with zero attached hydrogens (tertiary/aromatic N) is 1. The molecular weight excluding hydrogens is 174 g/mol. The van der Waals surface area contributed by atoms with Gasteiger partial charge in [0.15, 0.2) is 0 Å². The lowest BCUT2D eigenvalue weighted by Gasteiger charge is -1.96. The van der Waals surface area contributed by atoms with Crippen molar-refractivity contribution in [3.63, 3.8) is 0 Å². The van der Waals surface area contributed by atoms with Crippen LogP contribution in [-0.2, 0) is 9.53 Å². The van der Waals surface area contributed by atoms with E-state index in [1.807, 2.05) is 0 Å². The van der Waals surface area contributed by atoms with Crippen LogP contribution in [0.15, 0.2) is 12.3 Å². The molecule has 0 bridgehead atoms. The van der Waals surface area contributed by atoms with Gasteiger partial charge in [-0.05, 0) is 25.3 Å². The second-order valence-corrected chi connectivity index (χ2v) is 2.49. The average Bonchev–Trinajstić information content (AvgIpc) is 2.10. The van der Waals surface area contributed by atoms with Crippen LogP contribution in [0.25, 0.3) is 0 Å². The fourth-order valence-corrected chi connectivity index (χ4v) is 0.794. The zero-order valence-electron chi connectivity index (χ0n) is 7.56. The molecule has 0 aromatic heterocycles. The maximum Gasteiger partial charge on any atom is 0.305 e. The molecule has 0 amide bonds. The minimum atomic E-state index is -0.500. The van der Waals surface area contributed by atoms with Crippen molar-refractivity contribution in [2.75, 3.05) is 7.11 Å². The van der Waals surface area contributed by atoms with Gasteiger partial charge in [0, 0.05) is 6.42 Å². The molecule has 0 aliphatic carbocycles. The summed E-state index contributed by atoms with van der Waals surface area (Å²) in [6.07, 6.45) is 4.87. The van der Waals surface area contributed by atoms with Gasteiger partial charge in [-0.1, -0.05) is 0 Å². The predicted molar refractivity (Wildman–Crippen MR) is 46.6 cm³/mol. The molecule has 0 atom stereocenters. The van der Waals surface area contributed by atoms with Crippen molar-refractivity contribution >= 4 is 5.97 Å². The van der Waals surface area contributed by atoms with Crippen molar-refractivity contribution in [1.29, 1.82) is 0 Å². The number of ether oxygens (including phenoxy) is 1. The molecule has 0 aromatic carbocycles. The van der Waals surface area contributed by atoms with E-state index in [0.717, 1.165) is 12.6 Å². The van der Waals surface area contributed by atoms with E-state index in [9.17, 15) is 14.9 Å². The summed E-state index contributed by atoms with van der Waals surface area (Å²) in [6.45, 7) is 0. The highest BCUT2D eigenvalue weighted by atomic mass is 16.6. The Morgan fingerprint density at radius 3 is 2.77 bits per heavy atom. The van der Waals surface area contributed by atoms with Gasteiger partial charge >= 0.3 is 5.97 Å². The van der Waals surface area contributed by atoms with Crippen LogP contribution in [-0.4, -0.2) is 18.0 Å². The summed E-state index contributed by atoms with van der Waals surface area (Å²) < 4.78 is 4.43. The Morgan fingerprint density at radius 2 is 2.23 bits per heavy atom. The number of carbonyl (C=O) groups excluding carboxylic acids is 1. The normalized spacial score (nSPS) is 10.2. The smallest absolute Gasteiger partial charge is 0.305 e. The highest BCUT2D eigenvalue weighted by Crippen LogP contribution is 2.01. The Labute approximate surface area is 76.5 Å². The highest BCUT2D eigenvalue weighted by molar-refractivity contribution is 5.68. The summed E-state index contributed by atoms with van der Waals surface area (Å²) in [5, 5.41) is 9.83. The molecule has 0 fully saturated rings. The number of esters is 1. The van der Waals surface area contributed by atoms with Crippen LogP contribution < -0.4 is 0 Å². The van der Waals surface area contributed by atoms with E-state index < -0.39 is 4.92 Å². The first-order valence-corrected chi connectivity index (χ1v) is 4.03. The lowest BCUT2D eigenvalue weighted by molar-refractivity contribution is -0.402. The topological polar surface area (TPSA) is 69.4 Å². The van der Waals surface area contributed by atoms with E-state index >= 15 is 0 Å². The monoisotopic (exact) mass is 187 g/mol. The highest BCUT2D eigenvalue weighted by Gasteiger charge is 1.97. The summed E-state index contributed by atoms with van der Waals surface area (Å²) in [5.74, 6) is -0.238. The third-order valence-electron chi connectivity index (χ3n) is 1.46. The number of rotatable bonds is 6. The van der Waals surface area contributed by atoms with Gasteiger partial charge in [-0.15, -0.1) is 0 Å². The van der Waals surface area contributed by atoms with Crippen LogP contribution >= 0.6 is 0 Å². The SMILES string of the molecule is COC(=O)CCCC/C=C/[N+](=O)[O-]. The minimum absolute atomic E-state index is 0.238. The second kappa shape index (κ2) is 7.27. The zero-order valence-corrected chi connectivity index (χ0v) is 7.56. The van der Waals surface area contributed by atoms with E-state index in [2.05, 4.69) is 4.74 Å². The fraction of sp³-hybridized carbons (Fsp3) is 0.625. The molecule has 0 saturated carbocycles. The van der Waals surface area contributed by atoms with Gasteiger partial charge in [-0.3, -0.25) is 14.9 Å². The Balaban J connectivity index is 3.26. The van der Waals surface area contributed by atoms with Crippen molar-refractivity contribution in [3.8, 4) is 0 Å². The van der Waals surface area contributed by atoms with E-state index in [4.69, 9.17) is 0 Å². The zero-order chi connectivity index (χ0) is 10.1. The first kappa shape index (κ1) is 11.6. The quantitative estimate of drug-likeness (QED) is 0.273. The largest absolute Gasteiger partial charge is 0.469 e. The van der Waals surface area contributed by atoms with Crippen LogP contribution in [0.2, 0.25) is 0 Å². The summed E-state index contributed by atoms with van der Waals surface area (Å²) >= 11 is 0. The second-order valence-electron chi connectivity index (χ2n) is 2.49. The minimum Gasteiger partial charge on any atom is -0.469 e. The number of carbonyl (C=O) groups is 1. The molecule has 0 rings (SSSR count). The standard InChI is InChI=1S/C8H13NO4/c1-13-8(10)6-4-2-3-5-7-9(11)12/h5,7H,2-4,6H2,1H3/b7-5+. The molecule has 5 nitrogen and oxygen atoms in total. The summed E-state index contributed by atoms with van der Waals surface area (Å²) in [5.41, 5.74) is 0. The number of hydrogen-bond acceptors (Lipinski definition) is 4. The van der Waals surface area contributed by atoms with Crippen molar-refractivity contribution in [1.82, 2.24) is 0 Å². The third-order valence-corrected chi connectivity index (χ3v) is 1.46. The molecule has 0 spiro atoms. The Hall–Kier alpha value is -1.39. The van der Waals surface area contributed by atoms with Gasteiger partial charge in [0.2, 0.25) is 6.20 Å². The van der Waals surface area contributed by atoms with Crippen LogP contribution in [0.3, 0.4) is 0 Å². The number of nitro groups is 1. The molecule has 0 saturated heterocycles. The van der Waals surface area contributed by atoms with Gasteiger partial charge in [0.05, 0.1) is 12.0 Å². The first-order chi connectivity index (χ1) is 6.16. The van der Waals surface area contributed by atoms with Crippen molar-refractivity contribution in [2.24, 2.45) is 0 Å². The van der Waals surface area contributed by atoms with Crippen molar-refractivity contribution in [3.05, 3.63) is 22.4 Å². The number of hydrogen-bond donors (Lipinski definition) is 0. The maximum atomic E-state index is 10.6. The van der Waals surface area contributed by atoms with Crippen molar-refractivity contribution in [2.45, 2.75) is 25.7 Å². The van der Waals surface area contributed by atoms with E-state index in [1.54, 1.807) is 0 Å². The van der Waals surface area contributed by atoms with Gasteiger partial charge < -0.3 is 4.74 Å². The molecule has 0 unspecified atom stereocenters. The van der Waals surface area contributed by atoms with Crippen molar-refractivity contribution < 1.29 is 14.5 Å². The molecule has 5 heteroatoms. The molecule has 74 valence electrons. The van der Waals surface area contributed by atoms with E-state index in [1.165, 1.54) is 13.2 Å². The lowest BCUT2D eigenvalue weighted by atomic mass is 10.2. The molecule has 13 heavy (non-hydrogen) atoms. The molecular formula is C8H13NO4. The van der Waals surface area contributed by atoms with Gasteiger partial charge in [0.25, 0.3) is 0 Å². The Kier molecular flexibility index (Phi) is 6.49. The van der Waals surface area contributed by atoms with Gasteiger partial charge in [0.1, 0.15) is 0 Å². The fourth-order valence-electron chi connectivity index (χ4n) is 0.794. The molecule has 0 aliphatic rings. The molecule has 0 radical (unpaired) electrons. The van der Waals surface area contributed by atoms with Crippen LogP contribution in [0.5, 0.6) is 0 Å². The maximum absolute atomic E-state index is 10.6. The average molecular weight is 187 g/mol. The molecule has 0 heterocycles. The van der Waals surface area contributed by atoms with Gasteiger partial charge in [-0.25, -0.2) is 0 Å².